The zero-order valence-corrected chi connectivity index (χ0v) is 12.9. The number of aromatic nitrogens is 3. The summed E-state index contributed by atoms with van der Waals surface area (Å²) in [5, 5.41) is 4.17. The van der Waals surface area contributed by atoms with Gasteiger partial charge in [-0.25, -0.2) is 4.39 Å². The molecule has 0 saturated heterocycles. The summed E-state index contributed by atoms with van der Waals surface area (Å²) in [7, 11) is 1.84. The van der Waals surface area contributed by atoms with E-state index in [9.17, 15) is 9.18 Å². The average Bonchev–Trinajstić information content (AvgIpc) is 2.94. The molecule has 0 amide bonds. The van der Waals surface area contributed by atoms with Crippen molar-refractivity contribution in [1.29, 1.82) is 0 Å². The van der Waals surface area contributed by atoms with Gasteiger partial charge >= 0.3 is 0 Å². The minimum Gasteiger partial charge on any atom is -0.463 e. The normalized spacial score (nSPS) is 10.7. The van der Waals surface area contributed by atoms with Crippen LogP contribution in [-0.2, 0) is 7.05 Å². The molecule has 0 bridgehead atoms. The number of benzene rings is 1. The standard InChI is InChI=1S/C17H16FN3O2/c1-12-6-17(22)21(10-16(12)13-8-19-20(2)9-13)14-4-3-5-15(7-14)23-11-18/h3-10H,11H2,1-2H3. The van der Waals surface area contributed by atoms with Crippen LogP contribution in [0.5, 0.6) is 5.75 Å². The van der Waals surface area contributed by atoms with Crippen molar-refractivity contribution >= 4 is 0 Å². The van der Waals surface area contributed by atoms with E-state index in [1.807, 2.05) is 20.2 Å². The van der Waals surface area contributed by atoms with E-state index in [2.05, 4.69) is 5.10 Å². The third-order valence-corrected chi connectivity index (χ3v) is 3.59. The third-order valence-electron chi connectivity index (χ3n) is 3.59. The summed E-state index contributed by atoms with van der Waals surface area (Å²) in [5.41, 5.74) is 3.17. The first-order valence-corrected chi connectivity index (χ1v) is 7.10. The van der Waals surface area contributed by atoms with Gasteiger partial charge in [-0.3, -0.25) is 14.0 Å². The van der Waals surface area contributed by atoms with Gasteiger partial charge in [0.25, 0.3) is 5.56 Å². The third kappa shape index (κ3) is 3.01. The van der Waals surface area contributed by atoms with Crippen LogP contribution in [0.15, 0.2) is 53.7 Å². The molecule has 0 aliphatic carbocycles. The first-order chi connectivity index (χ1) is 11.1. The molecule has 23 heavy (non-hydrogen) atoms. The second kappa shape index (κ2) is 6.08. The summed E-state index contributed by atoms with van der Waals surface area (Å²) in [5.74, 6) is 0.375. The number of halogens is 1. The highest BCUT2D eigenvalue weighted by molar-refractivity contribution is 5.65. The van der Waals surface area contributed by atoms with Crippen molar-refractivity contribution in [3.63, 3.8) is 0 Å². The summed E-state index contributed by atoms with van der Waals surface area (Å²) < 4.78 is 20.4. The number of aryl methyl sites for hydroxylation is 2. The highest BCUT2D eigenvalue weighted by Gasteiger charge is 2.09. The topological polar surface area (TPSA) is 49.1 Å². The maximum Gasteiger partial charge on any atom is 0.255 e. The van der Waals surface area contributed by atoms with Crippen molar-refractivity contribution in [3.8, 4) is 22.6 Å². The van der Waals surface area contributed by atoms with Gasteiger partial charge in [-0.15, -0.1) is 0 Å². The molecule has 3 rings (SSSR count). The molecule has 5 nitrogen and oxygen atoms in total. The molecule has 0 spiro atoms. The van der Waals surface area contributed by atoms with E-state index in [1.165, 1.54) is 4.57 Å². The molecule has 2 heterocycles. The van der Waals surface area contributed by atoms with Crippen molar-refractivity contribution in [3.05, 3.63) is 64.8 Å². The molecule has 0 aliphatic heterocycles. The predicted molar refractivity (Wildman–Crippen MR) is 85.6 cm³/mol. The molecule has 0 atom stereocenters. The van der Waals surface area contributed by atoms with Gasteiger partial charge in [-0.2, -0.15) is 5.10 Å². The van der Waals surface area contributed by atoms with Crippen LogP contribution in [0, 0.1) is 6.92 Å². The maximum atomic E-state index is 12.3. The van der Waals surface area contributed by atoms with Crippen molar-refractivity contribution in [2.24, 2.45) is 7.05 Å². The Morgan fingerprint density at radius 1 is 1.26 bits per heavy atom. The Kier molecular flexibility index (Phi) is 3.97. The van der Waals surface area contributed by atoms with E-state index in [4.69, 9.17) is 4.74 Å². The summed E-state index contributed by atoms with van der Waals surface area (Å²) in [6.45, 7) is 0.976. The molecule has 0 unspecified atom stereocenters. The number of pyridine rings is 1. The molecule has 0 aliphatic rings. The molecule has 6 heteroatoms. The van der Waals surface area contributed by atoms with Crippen LogP contribution in [-0.4, -0.2) is 21.2 Å². The van der Waals surface area contributed by atoms with Crippen LogP contribution in [0.4, 0.5) is 4.39 Å². The highest BCUT2D eigenvalue weighted by Crippen LogP contribution is 2.23. The fraction of sp³-hybridized carbons (Fsp3) is 0.176. The summed E-state index contributed by atoms with van der Waals surface area (Å²) in [4.78, 5) is 12.3. The smallest absolute Gasteiger partial charge is 0.255 e. The van der Waals surface area contributed by atoms with Crippen LogP contribution in [0.2, 0.25) is 0 Å². The van der Waals surface area contributed by atoms with Gasteiger partial charge in [-0.05, 0) is 24.6 Å². The van der Waals surface area contributed by atoms with Crippen LogP contribution in [0.1, 0.15) is 5.56 Å². The Morgan fingerprint density at radius 2 is 2.09 bits per heavy atom. The van der Waals surface area contributed by atoms with Gasteiger partial charge < -0.3 is 4.74 Å². The van der Waals surface area contributed by atoms with E-state index in [1.54, 1.807) is 47.4 Å². The van der Waals surface area contributed by atoms with E-state index in [-0.39, 0.29) is 5.56 Å². The molecular weight excluding hydrogens is 297 g/mol. The average molecular weight is 313 g/mol. The fourth-order valence-electron chi connectivity index (χ4n) is 2.48. The quantitative estimate of drug-likeness (QED) is 0.744. The predicted octanol–water partition coefficient (Wildman–Crippen LogP) is 2.85. The number of hydrogen-bond donors (Lipinski definition) is 0. The zero-order valence-electron chi connectivity index (χ0n) is 12.9. The lowest BCUT2D eigenvalue weighted by molar-refractivity contribution is 0.192. The Labute approximate surface area is 132 Å². The minimum atomic E-state index is -0.910. The van der Waals surface area contributed by atoms with E-state index >= 15 is 0 Å². The van der Waals surface area contributed by atoms with Crippen LogP contribution >= 0.6 is 0 Å². The highest BCUT2D eigenvalue weighted by atomic mass is 19.1. The molecule has 0 radical (unpaired) electrons. The zero-order chi connectivity index (χ0) is 16.4. The molecule has 1 aromatic carbocycles. The minimum absolute atomic E-state index is 0.160. The lowest BCUT2D eigenvalue weighted by atomic mass is 10.1. The molecular formula is C17H16FN3O2. The Bertz CT molecular complexity index is 899. The SMILES string of the molecule is Cc1cc(=O)n(-c2cccc(OCF)c2)cc1-c1cnn(C)c1. The van der Waals surface area contributed by atoms with Crippen LogP contribution < -0.4 is 10.3 Å². The maximum absolute atomic E-state index is 12.3. The molecule has 0 saturated carbocycles. The molecule has 0 N–H and O–H groups in total. The molecule has 2 aromatic heterocycles. The number of hydrogen-bond acceptors (Lipinski definition) is 3. The monoisotopic (exact) mass is 313 g/mol. The largest absolute Gasteiger partial charge is 0.463 e. The van der Waals surface area contributed by atoms with Crippen LogP contribution in [0.3, 0.4) is 0 Å². The van der Waals surface area contributed by atoms with Crippen molar-refractivity contribution in [2.45, 2.75) is 6.92 Å². The Hall–Kier alpha value is -2.89. The second-order valence-electron chi connectivity index (χ2n) is 5.23. The lowest BCUT2D eigenvalue weighted by Gasteiger charge is -2.11. The van der Waals surface area contributed by atoms with Gasteiger partial charge in [0.1, 0.15) is 5.75 Å². The lowest BCUT2D eigenvalue weighted by Crippen LogP contribution is -2.17. The number of rotatable bonds is 4. The van der Waals surface area contributed by atoms with Gasteiger partial charge in [0.05, 0.1) is 11.9 Å². The molecule has 3 aromatic rings. The van der Waals surface area contributed by atoms with Crippen molar-refractivity contribution in [2.75, 3.05) is 6.86 Å². The molecule has 118 valence electrons. The van der Waals surface area contributed by atoms with E-state index in [0.717, 1.165) is 16.7 Å². The van der Waals surface area contributed by atoms with Gasteiger partial charge in [0.15, 0.2) is 0 Å². The summed E-state index contributed by atoms with van der Waals surface area (Å²) in [6.07, 6.45) is 5.41. The Morgan fingerprint density at radius 3 is 2.78 bits per heavy atom. The Balaban J connectivity index is 2.13. The van der Waals surface area contributed by atoms with Crippen molar-refractivity contribution < 1.29 is 9.13 Å². The fourth-order valence-corrected chi connectivity index (χ4v) is 2.48. The first-order valence-electron chi connectivity index (χ1n) is 7.10. The summed E-state index contributed by atoms with van der Waals surface area (Å²) >= 11 is 0. The van der Waals surface area contributed by atoms with E-state index < -0.39 is 6.86 Å². The number of nitrogens with zero attached hydrogens (tertiary/aromatic N) is 3. The van der Waals surface area contributed by atoms with Gasteiger partial charge in [-0.1, -0.05) is 6.07 Å². The number of ether oxygens (including phenoxy) is 1. The van der Waals surface area contributed by atoms with E-state index in [0.29, 0.717) is 11.4 Å². The first kappa shape index (κ1) is 15.0. The van der Waals surface area contributed by atoms with Gasteiger partial charge in [0, 0.05) is 42.7 Å². The summed E-state index contributed by atoms with van der Waals surface area (Å²) in [6, 6.07) is 8.34. The second-order valence-corrected chi connectivity index (χ2v) is 5.23. The number of alkyl halides is 1. The van der Waals surface area contributed by atoms with Crippen molar-refractivity contribution in [1.82, 2.24) is 14.3 Å². The van der Waals surface area contributed by atoms with Gasteiger partial charge in [0.2, 0.25) is 6.86 Å². The molecule has 0 fully saturated rings. The van der Waals surface area contributed by atoms with Crippen LogP contribution in [0.25, 0.3) is 16.8 Å².